The van der Waals surface area contributed by atoms with E-state index in [0.717, 1.165) is 0 Å². The lowest BCUT2D eigenvalue weighted by Gasteiger charge is -2.40. The highest BCUT2D eigenvalue weighted by Gasteiger charge is 2.41. The molecule has 1 rings (SSSR count). The summed E-state index contributed by atoms with van der Waals surface area (Å²) in [4.78, 5) is 0. The summed E-state index contributed by atoms with van der Waals surface area (Å²) >= 11 is 0. The lowest BCUT2D eigenvalue weighted by molar-refractivity contribution is -0.0961. The van der Waals surface area contributed by atoms with E-state index in [-0.39, 0.29) is 17.6 Å². The van der Waals surface area contributed by atoms with Crippen LogP contribution in [0.25, 0.3) is 0 Å². The zero-order chi connectivity index (χ0) is 14.2. The van der Waals surface area contributed by atoms with Crippen LogP contribution in [0.4, 0.5) is 13.2 Å². The molecular formula is C13H23F3OSi. The fourth-order valence-electron chi connectivity index (χ4n) is 1.77. The molecular weight excluding hydrogens is 257 g/mol. The first kappa shape index (κ1) is 15.8. The Morgan fingerprint density at radius 3 is 2.11 bits per heavy atom. The molecule has 0 spiro atoms. The van der Waals surface area contributed by atoms with E-state index in [1.54, 1.807) is 0 Å². The maximum Gasteiger partial charge on any atom is 0.412 e. The summed E-state index contributed by atoms with van der Waals surface area (Å²) in [5.74, 6) is 0. The lowest BCUT2D eigenvalue weighted by atomic mass is 9.97. The zero-order valence-corrected chi connectivity index (χ0v) is 12.8. The number of hydrogen-bond donors (Lipinski definition) is 0. The fraction of sp³-hybridized carbons (Fsp3) is 0.846. The van der Waals surface area contributed by atoms with Gasteiger partial charge in [0.1, 0.15) is 0 Å². The predicted octanol–water partition coefficient (Wildman–Crippen LogP) is 5.05. The molecule has 18 heavy (non-hydrogen) atoms. The van der Waals surface area contributed by atoms with Crippen LogP contribution in [-0.2, 0) is 4.43 Å². The number of rotatable bonds is 2. The van der Waals surface area contributed by atoms with Crippen molar-refractivity contribution in [2.24, 2.45) is 0 Å². The van der Waals surface area contributed by atoms with Crippen LogP contribution < -0.4 is 0 Å². The Morgan fingerprint density at radius 1 is 1.22 bits per heavy atom. The van der Waals surface area contributed by atoms with Crippen molar-refractivity contribution in [3.63, 3.8) is 0 Å². The zero-order valence-electron chi connectivity index (χ0n) is 11.8. The van der Waals surface area contributed by atoms with Gasteiger partial charge in [-0.3, -0.25) is 0 Å². The van der Waals surface area contributed by atoms with Gasteiger partial charge in [-0.2, -0.15) is 13.2 Å². The molecule has 0 N–H and O–H groups in total. The molecule has 106 valence electrons. The average Bonchev–Trinajstić information content (AvgIpc) is 2.14. The quantitative estimate of drug-likeness (QED) is 0.508. The van der Waals surface area contributed by atoms with Gasteiger partial charge >= 0.3 is 6.18 Å². The van der Waals surface area contributed by atoms with Gasteiger partial charge in [0, 0.05) is 11.7 Å². The monoisotopic (exact) mass is 280 g/mol. The molecule has 0 saturated heterocycles. The van der Waals surface area contributed by atoms with Crippen molar-refractivity contribution in [1.29, 1.82) is 0 Å². The second-order valence-electron chi connectivity index (χ2n) is 6.50. The van der Waals surface area contributed by atoms with E-state index in [2.05, 4.69) is 33.9 Å². The summed E-state index contributed by atoms with van der Waals surface area (Å²) in [6.07, 6.45) is -1.94. The van der Waals surface area contributed by atoms with Crippen molar-refractivity contribution in [1.82, 2.24) is 0 Å². The molecule has 0 aromatic carbocycles. The van der Waals surface area contributed by atoms with Crippen molar-refractivity contribution in [2.45, 2.75) is 70.4 Å². The summed E-state index contributed by atoms with van der Waals surface area (Å²) in [6.45, 7) is 10.7. The highest BCUT2D eigenvalue weighted by molar-refractivity contribution is 6.74. The highest BCUT2D eigenvalue weighted by atomic mass is 28.4. The first-order valence-corrected chi connectivity index (χ1v) is 9.28. The van der Waals surface area contributed by atoms with Crippen molar-refractivity contribution in [3.05, 3.63) is 11.6 Å². The number of alkyl halides is 3. The molecule has 0 aromatic heterocycles. The van der Waals surface area contributed by atoms with Crippen LogP contribution in [0.15, 0.2) is 11.6 Å². The van der Waals surface area contributed by atoms with Crippen LogP contribution in [0.1, 0.15) is 40.0 Å². The van der Waals surface area contributed by atoms with E-state index >= 15 is 0 Å². The lowest BCUT2D eigenvalue weighted by Crippen LogP contribution is -2.44. The minimum absolute atomic E-state index is 0.0445. The molecule has 1 atom stereocenters. The van der Waals surface area contributed by atoms with Crippen molar-refractivity contribution in [3.8, 4) is 0 Å². The second kappa shape index (κ2) is 5.00. The fourth-order valence-corrected chi connectivity index (χ4v) is 3.17. The Hall–Kier alpha value is -0.293. The smallest absolute Gasteiger partial charge is 0.412 e. The normalized spacial score (nSPS) is 22.9. The molecule has 0 aromatic rings. The summed E-state index contributed by atoms with van der Waals surface area (Å²) in [6, 6.07) is 0. The summed E-state index contributed by atoms with van der Waals surface area (Å²) in [5, 5.41) is 0.0982. The Kier molecular flexibility index (Phi) is 4.38. The minimum Gasteiger partial charge on any atom is -0.414 e. The third-order valence-electron chi connectivity index (χ3n) is 3.99. The Balaban J connectivity index is 2.63. The van der Waals surface area contributed by atoms with Gasteiger partial charge in [-0.25, -0.2) is 0 Å². The van der Waals surface area contributed by atoms with Gasteiger partial charge in [0.25, 0.3) is 0 Å². The predicted molar refractivity (Wildman–Crippen MR) is 70.1 cm³/mol. The van der Waals surface area contributed by atoms with Gasteiger partial charge in [-0.15, -0.1) is 0 Å². The molecule has 0 aliphatic heterocycles. The van der Waals surface area contributed by atoms with Crippen molar-refractivity contribution in [2.75, 3.05) is 0 Å². The van der Waals surface area contributed by atoms with Gasteiger partial charge in [-0.1, -0.05) is 26.8 Å². The average molecular weight is 280 g/mol. The van der Waals surface area contributed by atoms with Crippen molar-refractivity contribution < 1.29 is 17.6 Å². The third-order valence-corrected chi connectivity index (χ3v) is 8.53. The maximum absolute atomic E-state index is 12.5. The number of hydrogen-bond acceptors (Lipinski definition) is 1. The first-order chi connectivity index (χ1) is 7.93. The SMILES string of the molecule is CC(C)(C)[Si](C)(C)OC1CC=C(C(F)(F)F)CC1. The van der Waals surface area contributed by atoms with E-state index in [1.807, 2.05) is 0 Å². The Bertz CT molecular complexity index is 326. The molecule has 1 aliphatic carbocycles. The molecule has 1 aliphatic rings. The number of allylic oxidation sites excluding steroid dienone is 1. The molecule has 0 radical (unpaired) electrons. The third kappa shape index (κ3) is 3.85. The molecule has 0 bridgehead atoms. The van der Waals surface area contributed by atoms with Crippen molar-refractivity contribution >= 4 is 8.32 Å². The minimum atomic E-state index is -4.16. The molecule has 0 heterocycles. The maximum atomic E-state index is 12.5. The van der Waals surface area contributed by atoms with E-state index in [0.29, 0.717) is 12.8 Å². The van der Waals surface area contributed by atoms with E-state index in [1.165, 1.54) is 6.08 Å². The topological polar surface area (TPSA) is 9.23 Å². The number of halogens is 3. The van der Waals surface area contributed by atoms with E-state index in [9.17, 15) is 13.2 Å². The van der Waals surface area contributed by atoms with E-state index in [4.69, 9.17) is 4.43 Å². The Morgan fingerprint density at radius 2 is 1.78 bits per heavy atom. The first-order valence-electron chi connectivity index (χ1n) is 6.37. The second-order valence-corrected chi connectivity index (χ2v) is 11.3. The molecule has 1 unspecified atom stereocenters. The summed E-state index contributed by atoms with van der Waals surface area (Å²) in [5.41, 5.74) is -0.391. The molecule has 1 nitrogen and oxygen atoms in total. The van der Waals surface area contributed by atoms with Crippen LogP contribution in [-0.4, -0.2) is 20.6 Å². The summed E-state index contributed by atoms with van der Waals surface area (Å²) in [7, 11) is -1.87. The molecule has 0 amide bonds. The molecule has 0 saturated carbocycles. The molecule has 0 fully saturated rings. The van der Waals surface area contributed by atoms with Gasteiger partial charge in [0.2, 0.25) is 0 Å². The van der Waals surface area contributed by atoms with Gasteiger partial charge < -0.3 is 4.43 Å². The van der Waals surface area contributed by atoms with Crippen LogP contribution in [0, 0.1) is 0 Å². The largest absolute Gasteiger partial charge is 0.414 e. The van der Waals surface area contributed by atoms with Crippen LogP contribution in [0.2, 0.25) is 18.1 Å². The Labute approximate surface area is 109 Å². The highest BCUT2D eigenvalue weighted by Crippen LogP contribution is 2.40. The standard InChI is InChI=1S/C13H23F3OSi/c1-12(2,3)18(4,5)17-11-8-6-10(7-9-11)13(14,15)16/h6,11H,7-9H2,1-5H3. The van der Waals surface area contributed by atoms with Crippen LogP contribution >= 0.6 is 0 Å². The van der Waals surface area contributed by atoms with Gasteiger partial charge in [0.15, 0.2) is 8.32 Å². The van der Waals surface area contributed by atoms with Crippen LogP contribution in [0.5, 0.6) is 0 Å². The summed E-state index contributed by atoms with van der Waals surface area (Å²) < 4.78 is 43.6. The van der Waals surface area contributed by atoms with Crippen LogP contribution in [0.3, 0.4) is 0 Å². The van der Waals surface area contributed by atoms with Gasteiger partial charge in [0.05, 0.1) is 0 Å². The van der Waals surface area contributed by atoms with Gasteiger partial charge in [-0.05, 0) is 37.4 Å². The van der Waals surface area contributed by atoms with E-state index < -0.39 is 20.1 Å². The molecule has 5 heteroatoms.